The van der Waals surface area contributed by atoms with Crippen LogP contribution in [0, 0.1) is 11.7 Å². The Hall–Kier alpha value is -2.43. The van der Waals surface area contributed by atoms with E-state index >= 15 is 0 Å². The molecule has 0 amide bonds. The smallest absolute Gasteiger partial charge is 0.135 e. The highest BCUT2D eigenvalue weighted by Crippen LogP contribution is 2.24. The minimum Gasteiger partial charge on any atom is -0.489 e. The van der Waals surface area contributed by atoms with E-state index in [4.69, 9.17) is 4.74 Å². The van der Waals surface area contributed by atoms with Crippen molar-refractivity contribution in [2.75, 3.05) is 0 Å². The van der Waals surface area contributed by atoms with Gasteiger partial charge in [0, 0.05) is 0 Å². The maximum Gasteiger partial charge on any atom is 0.135 e. The lowest BCUT2D eigenvalue weighted by Gasteiger charge is -2.13. The summed E-state index contributed by atoms with van der Waals surface area (Å²) in [5.74, 6) is 0.910. The number of ether oxygens (including phenoxy) is 1. The van der Waals surface area contributed by atoms with Crippen molar-refractivity contribution in [3.63, 3.8) is 0 Å². The molecule has 3 aromatic rings. The molecule has 0 fully saturated rings. The fraction of sp³-hybridized carbons (Fsp3) is 0.294. The highest BCUT2D eigenvalue weighted by atomic mass is 19.1. The first kappa shape index (κ1) is 14.5. The highest BCUT2D eigenvalue weighted by Gasteiger charge is 2.09. The van der Waals surface area contributed by atoms with Gasteiger partial charge in [0.1, 0.15) is 29.2 Å². The molecule has 0 aliphatic carbocycles. The zero-order chi connectivity index (χ0) is 15.5. The van der Waals surface area contributed by atoms with Gasteiger partial charge in [0.2, 0.25) is 0 Å². The molecule has 22 heavy (non-hydrogen) atoms. The van der Waals surface area contributed by atoms with Crippen LogP contribution in [0.15, 0.2) is 41.0 Å². The number of benzene rings is 2. The lowest BCUT2D eigenvalue weighted by atomic mass is 10.0. The molecular formula is C17H17FN2O2. The molecule has 1 heterocycles. The van der Waals surface area contributed by atoms with Crippen molar-refractivity contribution in [1.82, 2.24) is 10.3 Å². The quantitative estimate of drug-likeness (QED) is 0.710. The van der Waals surface area contributed by atoms with Gasteiger partial charge in [-0.1, -0.05) is 19.9 Å². The van der Waals surface area contributed by atoms with Crippen LogP contribution in [0.4, 0.5) is 4.39 Å². The predicted molar refractivity (Wildman–Crippen MR) is 81.1 cm³/mol. The molecule has 0 aliphatic heterocycles. The first-order chi connectivity index (χ1) is 10.6. The van der Waals surface area contributed by atoms with Gasteiger partial charge < -0.3 is 4.74 Å². The zero-order valence-electron chi connectivity index (χ0n) is 12.5. The summed E-state index contributed by atoms with van der Waals surface area (Å²) in [7, 11) is 0. The SMILES string of the molecule is CC(C)Cc1cc(F)ccc1OCc1ccc2nonc2c1. The van der Waals surface area contributed by atoms with Crippen LogP contribution in [0.5, 0.6) is 5.75 Å². The largest absolute Gasteiger partial charge is 0.489 e. The number of halogens is 1. The fourth-order valence-corrected chi connectivity index (χ4v) is 2.37. The maximum atomic E-state index is 13.4. The summed E-state index contributed by atoms with van der Waals surface area (Å²) in [5.41, 5.74) is 3.26. The number of nitrogens with zero attached hydrogens (tertiary/aromatic N) is 2. The summed E-state index contributed by atoms with van der Waals surface area (Å²) in [6, 6.07) is 10.3. The molecule has 5 heteroatoms. The third-order valence-corrected chi connectivity index (χ3v) is 3.36. The summed E-state index contributed by atoms with van der Waals surface area (Å²) in [5, 5.41) is 7.58. The third kappa shape index (κ3) is 3.24. The number of fused-ring (bicyclic) bond motifs is 1. The molecule has 4 nitrogen and oxygen atoms in total. The molecule has 1 aromatic heterocycles. The molecule has 0 unspecified atom stereocenters. The standard InChI is InChI=1S/C17H17FN2O2/c1-11(2)7-13-9-14(18)4-6-17(13)21-10-12-3-5-15-16(8-12)20-22-19-15/h3-6,8-9,11H,7,10H2,1-2H3. The third-order valence-electron chi connectivity index (χ3n) is 3.36. The molecule has 114 valence electrons. The topological polar surface area (TPSA) is 48.2 Å². The van der Waals surface area contributed by atoms with Gasteiger partial charge in [-0.05, 0) is 64.1 Å². The molecule has 0 atom stereocenters. The van der Waals surface area contributed by atoms with Crippen LogP contribution in [-0.2, 0) is 13.0 Å². The lowest BCUT2D eigenvalue weighted by Crippen LogP contribution is -2.02. The second-order valence-corrected chi connectivity index (χ2v) is 5.73. The molecule has 0 saturated carbocycles. The minimum absolute atomic E-state index is 0.238. The Morgan fingerprint density at radius 1 is 1.09 bits per heavy atom. The number of hydrogen-bond donors (Lipinski definition) is 0. The van der Waals surface area contributed by atoms with Gasteiger partial charge >= 0.3 is 0 Å². The Morgan fingerprint density at radius 2 is 1.91 bits per heavy atom. The summed E-state index contributed by atoms with van der Waals surface area (Å²) in [6.45, 7) is 4.58. The summed E-state index contributed by atoms with van der Waals surface area (Å²) in [4.78, 5) is 0. The van der Waals surface area contributed by atoms with Crippen LogP contribution in [0.1, 0.15) is 25.0 Å². The molecule has 0 N–H and O–H groups in total. The van der Waals surface area contributed by atoms with Crippen molar-refractivity contribution >= 4 is 11.0 Å². The van der Waals surface area contributed by atoms with Gasteiger partial charge in [0.15, 0.2) is 0 Å². The van der Waals surface area contributed by atoms with Crippen LogP contribution in [0.25, 0.3) is 11.0 Å². The summed E-state index contributed by atoms with van der Waals surface area (Å²) >= 11 is 0. The average molecular weight is 300 g/mol. The van der Waals surface area contributed by atoms with Crippen LogP contribution >= 0.6 is 0 Å². The van der Waals surface area contributed by atoms with E-state index in [1.165, 1.54) is 6.07 Å². The van der Waals surface area contributed by atoms with Crippen LogP contribution in [-0.4, -0.2) is 10.3 Å². The van der Waals surface area contributed by atoms with Gasteiger partial charge in [-0.25, -0.2) is 9.02 Å². The van der Waals surface area contributed by atoms with Gasteiger partial charge in [0.25, 0.3) is 0 Å². The molecule has 0 saturated heterocycles. The van der Waals surface area contributed by atoms with Gasteiger partial charge in [-0.2, -0.15) is 0 Å². The van der Waals surface area contributed by atoms with E-state index in [0.29, 0.717) is 29.3 Å². The van der Waals surface area contributed by atoms with E-state index in [1.807, 2.05) is 18.2 Å². The molecule has 0 radical (unpaired) electrons. The fourth-order valence-electron chi connectivity index (χ4n) is 2.37. The van der Waals surface area contributed by atoms with E-state index in [9.17, 15) is 4.39 Å². The van der Waals surface area contributed by atoms with Crippen molar-refractivity contribution in [3.05, 3.63) is 53.3 Å². The molecule has 0 aliphatic rings. The Balaban J connectivity index is 1.77. The van der Waals surface area contributed by atoms with E-state index < -0.39 is 0 Å². The molecule has 0 bridgehead atoms. The van der Waals surface area contributed by atoms with Crippen molar-refractivity contribution in [2.45, 2.75) is 26.9 Å². The first-order valence-corrected chi connectivity index (χ1v) is 7.24. The van der Waals surface area contributed by atoms with Gasteiger partial charge in [0.05, 0.1) is 0 Å². The molecule has 2 aromatic carbocycles. The monoisotopic (exact) mass is 300 g/mol. The molecule has 3 rings (SSSR count). The number of aromatic nitrogens is 2. The average Bonchev–Trinajstić information content (AvgIpc) is 2.93. The first-order valence-electron chi connectivity index (χ1n) is 7.24. The Labute approximate surface area is 127 Å². The Kier molecular flexibility index (Phi) is 4.04. The van der Waals surface area contributed by atoms with E-state index in [-0.39, 0.29) is 5.82 Å². The minimum atomic E-state index is -0.238. The lowest BCUT2D eigenvalue weighted by molar-refractivity contribution is 0.301. The zero-order valence-corrected chi connectivity index (χ0v) is 12.5. The van der Waals surface area contributed by atoms with Crippen molar-refractivity contribution in [1.29, 1.82) is 0 Å². The van der Waals surface area contributed by atoms with Crippen molar-refractivity contribution in [3.8, 4) is 5.75 Å². The number of hydrogen-bond acceptors (Lipinski definition) is 4. The maximum absolute atomic E-state index is 13.4. The van der Waals surface area contributed by atoms with Gasteiger partial charge in [-0.3, -0.25) is 0 Å². The summed E-state index contributed by atoms with van der Waals surface area (Å²) in [6.07, 6.45) is 0.777. The van der Waals surface area contributed by atoms with Gasteiger partial charge in [-0.15, -0.1) is 0 Å². The van der Waals surface area contributed by atoms with Crippen molar-refractivity contribution in [2.24, 2.45) is 5.92 Å². The van der Waals surface area contributed by atoms with Crippen molar-refractivity contribution < 1.29 is 13.8 Å². The molecular weight excluding hydrogens is 283 g/mol. The van der Waals surface area contributed by atoms with E-state index in [2.05, 4.69) is 28.8 Å². The number of rotatable bonds is 5. The second-order valence-electron chi connectivity index (χ2n) is 5.73. The highest BCUT2D eigenvalue weighted by molar-refractivity contribution is 5.73. The predicted octanol–water partition coefficient (Wildman–Crippen LogP) is 4.14. The van der Waals surface area contributed by atoms with Crippen LogP contribution < -0.4 is 4.74 Å². The normalized spacial score (nSPS) is 11.3. The van der Waals surface area contributed by atoms with E-state index in [1.54, 1.807) is 12.1 Å². The van der Waals surface area contributed by atoms with Crippen LogP contribution in [0.2, 0.25) is 0 Å². The Bertz CT molecular complexity index is 783. The Morgan fingerprint density at radius 3 is 2.73 bits per heavy atom. The van der Waals surface area contributed by atoms with E-state index in [0.717, 1.165) is 17.5 Å². The van der Waals surface area contributed by atoms with Crippen LogP contribution in [0.3, 0.4) is 0 Å². The second kappa shape index (κ2) is 6.13. The summed E-state index contributed by atoms with van der Waals surface area (Å²) < 4.78 is 24.0. The molecule has 0 spiro atoms.